The van der Waals surface area contributed by atoms with Gasteiger partial charge in [-0.15, -0.1) is 0 Å². The van der Waals surface area contributed by atoms with Crippen LogP contribution < -0.4 is 0 Å². The molecule has 0 spiro atoms. The fraction of sp³-hybridized carbons (Fsp3) is 0.917. The summed E-state index contributed by atoms with van der Waals surface area (Å²) in [5.74, 6) is 0.454. The van der Waals surface area contributed by atoms with Crippen LogP contribution in [0.15, 0.2) is 0 Å². The van der Waals surface area contributed by atoms with Gasteiger partial charge in [0.05, 0.1) is 13.2 Å². The predicted molar refractivity (Wildman–Crippen MR) is 58.6 cm³/mol. The van der Waals surface area contributed by atoms with Gasteiger partial charge < -0.3 is 9.47 Å². The zero-order valence-corrected chi connectivity index (χ0v) is 9.67. The van der Waals surface area contributed by atoms with Gasteiger partial charge in [0.2, 0.25) is 0 Å². The van der Waals surface area contributed by atoms with Crippen LogP contribution in [0.2, 0.25) is 0 Å². The highest BCUT2D eigenvalue weighted by Gasteiger charge is 2.15. The molecule has 0 heterocycles. The van der Waals surface area contributed by atoms with Gasteiger partial charge in [0.1, 0.15) is 6.61 Å². The molecule has 1 aliphatic rings. The van der Waals surface area contributed by atoms with Gasteiger partial charge in [-0.2, -0.15) is 0 Å². The molecule has 0 N–H and O–H groups in total. The van der Waals surface area contributed by atoms with Crippen LogP contribution in [-0.2, 0) is 14.3 Å². The third-order valence-corrected chi connectivity index (χ3v) is 2.81. The first kappa shape index (κ1) is 12.5. The number of hydrogen-bond donors (Lipinski definition) is 0. The predicted octanol–water partition coefficient (Wildman–Crippen LogP) is 2.54. The minimum Gasteiger partial charge on any atom is -0.464 e. The van der Waals surface area contributed by atoms with Crippen molar-refractivity contribution in [3.63, 3.8) is 0 Å². The van der Waals surface area contributed by atoms with E-state index in [2.05, 4.69) is 6.92 Å². The molecule has 0 saturated heterocycles. The molecule has 3 nitrogen and oxygen atoms in total. The SMILES string of the molecule is CCCCOC(=O)COCC1CCCC1. The maximum Gasteiger partial charge on any atom is 0.332 e. The summed E-state index contributed by atoms with van der Waals surface area (Å²) in [6.45, 7) is 3.45. The van der Waals surface area contributed by atoms with Crippen LogP contribution in [0, 0.1) is 5.92 Å². The second-order valence-corrected chi connectivity index (χ2v) is 4.24. The molecule has 0 aliphatic heterocycles. The van der Waals surface area contributed by atoms with E-state index in [1.54, 1.807) is 0 Å². The fourth-order valence-corrected chi connectivity index (χ4v) is 1.86. The van der Waals surface area contributed by atoms with E-state index in [0.717, 1.165) is 19.4 Å². The van der Waals surface area contributed by atoms with Crippen molar-refractivity contribution in [1.29, 1.82) is 0 Å². The molecule has 0 unspecified atom stereocenters. The Kier molecular flexibility index (Phi) is 6.41. The molecular weight excluding hydrogens is 192 g/mol. The molecule has 0 atom stereocenters. The Morgan fingerprint density at radius 3 is 2.73 bits per heavy atom. The number of ether oxygens (including phenoxy) is 2. The Labute approximate surface area is 92.1 Å². The molecule has 0 bridgehead atoms. The van der Waals surface area contributed by atoms with Gasteiger partial charge in [0.15, 0.2) is 0 Å². The average Bonchev–Trinajstić information content (AvgIpc) is 2.71. The third kappa shape index (κ3) is 5.78. The van der Waals surface area contributed by atoms with E-state index in [9.17, 15) is 4.79 Å². The van der Waals surface area contributed by atoms with Crippen molar-refractivity contribution < 1.29 is 14.3 Å². The van der Waals surface area contributed by atoms with Gasteiger partial charge in [-0.1, -0.05) is 26.2 Å². The summed E-state index contributed by atoms with van der Waals surface area (Å²) in [5.41, 5.74) is 0. The Morgan fingerprint density at radius 2 is 2.07 bits per heavy atom. The van der Waals surface area contributed by atoms with E-state index in [0.29, 0.717) is 12.5 Å². The third-order valence-electron chi connectivity index (χ3n) is 2.81. The van der Waals surface area contributed by atoms with Crippen LogP contribution in [0.5, 0.6) is 0 Å². The quantitative estimate of drug-likeness (QED) is 0.482. The smallest absolute Gasteiger partial charge is 0.332 e. The van der Waals surface area contributed by atoms with E-state index in [-0.39, 0.29) is 12.6 Å². The number of carbonyl (C=O) groups excluding carboxylic acids is 1. The summed E-state index contributed by atoms with van der Waals surface area (Å²) in [6.07, 6.45) is 7.13. The van der Waals surface area contributed by atoms with Gasteiger partial charge in [-0.25, -0.2) is 4.79 Å². The van der Waals surface area contributed by atoms with Crippen molar-refractivity contribution in [2.75, 3.05) is 19.8 Å². The molecule has 0 amide bonds. The Balaban J connectivity index is 1.91. The summed E-state index contributed by atoms with van der Waals surface area (Å²) in [7, 11) is 0. The molecule has 1 saturated carbocycles. The fourth-order valence-electron chi connectivity index (χ4n) is 1.86. The molecule has 0 aromatic rings. The number of carbonyl (C=O) groups is 1. The summed E-state index contributed by atoms with van der Waals surface area (Å²) >= 11 is 0. The van der Waals surface area contributed by atoms with Gasteiger partial charge in [0.25, 0.3) is 0 Å². The molecular formula is C12H22O3. The lowest BCUT2D eigenvalue weighted by Crippen LogP contribution is -2.16. The lowest BCUT2D eigenvalue weighted by atomic mass is 10.1. The monoisotopic (exact) mass is 214 g/mol. The van der Waals surface area contributed by atoms with Crippen molar-refractivity contribution in [3.05, 3.63) is 0 Å². The zero-order valence-electron chi connectivity index (χ0n) is 9.67. The first-order valence-electron chi connectivity index (χ1n) is 6.06. The van der Waals surface area contributed by atoms with Crippen LogP contribution in [0.25, 0.3) is 0 Å². The van der Waals surface area contributed by atoms with Crippen molar-refractivity contribution >= 4 is 5.97 Å². The van der Waals surface area contributed by atoms with Crippen LogP contribution >= 0.6 is 0 Å². The highest BCUT2D eigenvalue weighted by atomic mass is 16.6. The molecule has 0 aromatic heterocycles. The standard InChI is InChI=1S/C12H22O3/c1-2-3-8-15-12(13)10-14-9-11-6-4-5-7-11/h11H,2-10H2,1H3. The molecule has 1 aliphatic carbocycles. The van der Waals surface area contributed by atoms with Crippen molar-refractivity contribution in [2.45, 2.75) is 45.4 Å². The van der Waals surface area contributed by atoms with Crippen LogP contribution in [0.1, 0.15) is 45.4 Å². The van der Waals surface area contributed by atoms with Crippen molar-refractivity contribution in [2.24, 2.45) is 5.92 Å². The Morgan fingerprint density at radius 1 is 1.33 bits per heavy atom. The second kappa shape index (κ2) is 7.69. The lowest BCUT2D eigenvalue weighted by Gasteiger charge is -2.09. The highest BCUT2D eigenvalue weighted by Crippen LogP contribution is 2.24. The zero-order chi connectivity index (χ0) is 10.9. The van der Waals surface area contributed by atoms with Crippen molar-refractivity contribution in [1.82, 2.24) is 0 Å². The van der Waals surface area contributed by atoms with E-state index in [1.165, 1.54) is 25.7 Å². The Bertz CT molecular complexity index is 174. The maximum absolute atomic E-state index is 11.1. The first-order valence-corrected chi connectivity index (χ1v) is 6.06. The molecule has 1 rings (SSSR count). The Hall–Kier alpha value is -0.570. The second-order valence-electron chi connectivity index (χ2n) is 4.24. The van der Waals surface area contributed by atoms with Crippen LogP contribution in [-0.4, -0.2) is 25.8 Å². The largest absolute Gasteiger partial charge is 0.464 e. The molecule has 1 fully saturated rings. The normalized spacial score (nSPS) is 16.9. The molecule has 0 radical (unpaired) electrons. The van der Waals surface area contributed by atoms with Crippen molar-refractivity contribution in [3.8, 4) is 0 Å². The maximum atomic E-state index is 11.1. The lowest BCUT2D eigenvalue weighted by molar-refractivity contribution is -0.149. The minimum atomic E-state index is -0.221. The van der Waals surface area contributed by atoms with E-state index >= 15 is 0 Å². The summed E-state index contributed by atoms with van der Waals surface area (Å²) in [4.78, 5) is 11.1. The first-order chi connectivity index (χ1) is 7.33. The van der Waals surface area contributed by atoms with Gasteiger partial charge in [0, 0.05) is 0 Å². The van der Waals surface area contributed by atoms with Crippen LogP contribution in [0.4, 0.5) is 0 Å². The van der Waals surface area contributed by atoms with Gasteiger partial charge >= 0.3 is 5.97 Å². The van der Waals surface area contributed by atoms with Gasteiger partial charge in [-0.3, -0.25) is 0 Å². The van der Waals surface area contributed by atoms with Crippen LogP contribution in [0.3, 0.4) is 0 Å². The average molecular weight is 214 g/mol. The number of hydrogen-bond acceptors (Lipinski definition) is 3. The highest BCUT2D eigenvalue weighted by molar-refractivity contribution is 5.70. The van der Waals surface area contributed by atoms with E-state index < -0.39 is 0 Å². The molecule has 3 heteroatoms. The molecule has 15 heavy (non-hydrogen) atoms. The topological polar surface area (TPSA) is 35.5 Å². The summed E-state index contributed by atoms with van der Waals surface area (Å²) < 4.78 is 10.3. The summed E-state index contributed by atoms with van der Waals surface area (Å²) in [6, 6.07) is 0. The molecule has 88 valence electrons. The molecule has 0 aromatic carbocycles. The van der Waals surface area contributed by atoms with E-state index in [4.69, 9.17) is 9.47 Å². The van der Waals surface area contributed by atoms with Gasteiger partial charge in [-0.05, 0) is 25.2 Å². The summed E-state index contributed by atoms with van der Waals surface area (Å²) in [5, 5.41) is 0. The number of esters is 1. The minimum absolute atomic E-state index is 0.125. The number of rotatable bonds is 7. The van der Waals surface area contributed by atoms with E-state index in [1.807, 2.05) is 0 Å². The number of unbranched alkanes of at least 4 members (excludes halogenated alkanes) is 1.